The van der Waals surface area contributed by atoms with E-state index in [-0.39, 0.29) is 11.6 Å². The van der Waals surface area contributed by atoms with E-state index in [0.717, 1.165) is 12.2 Å². The lowest BCUT2D eigenvalue weighted by Gasteiger charge is -2.25. The van der Waals surface area contributed by atoms with Gasteiger partial charge in [-0.25, -0.2) is 9.37 Å². The third kappa shape index (κ3) is 4.17. The van der Waals surface area contributed by atoms with Crippen LogP contribution < -0.4 is 10.6 Å². The van der Waals surface area contributed by atoms with Crippen LogP contribution >= 0.6 is 11.6 Å². The van der Waals surface area contributed by atoms with Crippen molar-refractivity contribution in [1.29, 1.82) is 0 Å². The van der Waals surface area contributed by atoms with Crippen LogP contribution in [-0.4, -0.2) is 46.9 Å². The minimum Gasteiger partial charge on any atom is -0.355 e. The zero-order valence-electron chi connectivity index (χ0n) is 17.1. The molecule has 31 heavy (non-hydrogen) atoms. The highest BCUT2D eigenvalue weighted by molar-refractivity contribution is 6.30. The number of amides is 2. The number of carbonyl (C=O) groups is 2. The van der Waals surface area contributed by atoms with Crippen LogP contribution in [0, 0.1) is 5.82 Å². The first-order chi connectivity index (χ1) is 14.9. The van der Waals surface area contributed by atoms with E-state index in [0.29, 0.717) is 40.8 Å². The number of likely N-dealkylation sites (N-methyl/N-ethyl adjacent to an activating group) is 1. The fraction of sp³-hybridized carbons (Fsp3) is 0.227. The fourth-order valence-corrected chi connectivity index (χ4v) is 3.75. The second kappa shape index (κ2) is 8.49. The van der Waals surface area contributed by atoms with Gasteiger partial charge in [-0.2, -0.15) is 0 Å². The van der Waals surface area contributed by atoms with Crippen LogP contribution in [0.4, 0.5) is 10.1 Å². The molecule has 1 aromatic heterocycles. The Morgan fingerprint density at radius 2 is 1.84 bits per heavy atom. The van der Waals surface area contributed by atoms with Gasteiger partial charge in [-0.15, -0.1) is 0 Å². The Labute approximate surface area is 183 Å². The summed E-state index contributed by atoms with van der Waals surface area (Å²) in [6, 6.07) is 11.0. The summed E-state index contributed by atoms with van der Waals surface area (Å²) < 4.78 is 16.5. The van der Waals surface area contributed by atoms with Crippen LogP contribution in [0.15, 0.2) is 42.5 Å². The van der Waals surface area contributed by atoms with Crippen molar-refractivity contribution in [3.63, 3.8) is 0 Å². The maximum atomic E-state index is 14.6. The normalized spacial score (nSPS) is 13.5. The van der Waals surface area contributed by atoms with Gasteiger partial charge >= 0.3 is 0 Å². The third-order valence-corrected chi connectivity index (χ3v) is 5.45. The molecule has 7 nitrogen and oxygen atoms in total. The van der Waals surface area contributed by atoms with Gasteiger partial charge in [0.05, 0.1) is 11.3 Å². The molecule has 0 fully saturated rings. The van der Waals surface area contributed by atoms with E-state index in [2.05, 4.69) is 20.5 Å². The number of hydrogen-bond donors (Lipinski definition) is 2. The Kier molecular flexibility index (Phi) is 5.75. The molecule has 0 bridgehead atoms. The highest BCUT2D eigenvalue weighted by Gasteiger charge is 2.28. The first-order valence-corrected chi connectivity index (χ1v) is 10.1. The van der Waals surface area contributed by atoms with Crippen molar-refractivity contribution in [2.24, 2.45) is 0 Å². The molecular weight excluding hydrogens is 421 g/mol. The van der Waals surface area contributed by atoms with Crippen LogP contribution in [-0.2, 0) is 13.1 Å². The van der Waals surface area contributed by atoms with Gasteiger partial charge in [0.1, 0.15) is 11.6 Å². The number of halogens is 2. The van der Waals surface area contributed by atoms with Crippen molar-refractivity contribution < 1.29 is 14.0 Å². The van der Waals surface area contributed by atoms with Gasteiger partial charge in [0.2, 0.25) is 0 Å². The Bertz CT molecular complexity index is 1160. The maximum Gasteiger partial charge on any atom is 0.276 e. The lowest BCUT2D eigenvalue weighted by Crippen LogP contribution is -2.31. The average molecular weight is 442 g/mol. The van der Waals surface area contributed by atoms with E-state index < -0.39 is 11.7 Å². The van der Waals surface area contributed by atoms with Gasteiger partial charge in [-0.1, -0.05) is 11.6 Å². The monoisotopic (exact) mass is 441 g/mol. The summed E-state index contributed by atoms with van der Waals surface area (Å²) >= 11 is 5.89. The molecule has 2 aromatic carbocycles. The van der Waals surface area contributed by atoms with Gasteiger partial charge in [0, 0.05) is 43.0 Å². The molecule has 2 N–H and O–H groups in total. The molecule has 0 saturated heterocycles. The molecule has 0 atom stereocenters. The molecule has 4 rings (SSSR count). The van der Waals surface area contributed by atoms with Crippen molar-refractivity contribution in [3.8, 4) is 11.4 Å². The van der Waals surface area contributed by atoms with Crippen LogP contribution in [0.2, 0.25) is 5.02 Å². The average Bonchev–Trinajstić information content (AvgIpc) is 3.12. The number of nitrogens with zero attached hydrogens (tertiary/aromatic N) is 3. The van der Waals surface area contributed by atoms with Crippen molar-refractivity contribution in [3.05, 3.63) is 70.3 Å². The molecule has 160 valence electrons. The Morgan fingerprint density at radius 1 is 1.10 bits per heavy atom. The number of benzene rings is 2. The van der Waals surface area contributed by atoms with Gasteiger partial charge in [0.15, 0.2) is 5.69 Å². The SMILES string of the molecule is CNC(=O)c1ccc(NC(=O)c2nc(-c3ccc(Cl)cc3F)n3c2CN(C)CC3)cc1. The minimum atomic E-state index is -0.490. The van der Waals surface area contributed by atoms with Crippen LogP contribution in [0.5, 0.6) is 0 Å². The minimum absolute atomic E-state index is 0.210. The van der Waals surface area contributed by atoms with Gasteiger partial charge in [-0.05, 0) is 49.5 Å². The van der Waals surface area contributed by atoms with Crippen LogP contribution in [0.1, 0.15) is 26.5 Å². The van der Waals surface area contributed by atoms with Crippen LogP contribution in [0.25, 0.3) is 11.4 Å². The predicted molar refractivity (Wildman–Crippen MR) is 117 cm³/mol. The molecule has 0 spiro atoms. The molecule has 1 aliphatic heterocycles. The summed E-state index contributed by atoms with van der Waals surface area (Å²) in [4.78, 5) is 31.3. The van der Waals surface area contributed by atoms with E-state index in [1.165, 1.54) is 6.07 Å². The fourth-order valence-electron chi connectivity index (χ4n) is 3.59. The van der Waals surface area contributed by atoms with Gasteiger partial charge in [-0.3, -0.25) is 14.5 Å². The third-order valence-electron chi connectivity index (χ3n) is 5.22. The number of rotatable bonds is 4. The number of aromatic nitrogens is 2. The smallest absolute Gasteiger partial charge is 0.276 e. The van der Waals surface area contributed by atoms with Gasteiger partial charge < -0.3 is 15.2 Å². The number of imidazole rings is 1. The summed E-state index contributed by atoms with van der Waals surface area (Å²) in [6.45, 7) is 1.86. The number of nitrogens with one attached hydrogen (secondary N) is 2. The summed E-state index contributed by atoms with van der Waals surface area (Å²) in [7, 11) is 3.51. The molecule has 0 unspecified atom stereocenters. The number of carbonyl (C=O) groups excluding carboxylic acids is 2. The molecular formula is C22H21ClFN5O2. The molecule has 2 heterocycles. The maximum absolute atomic E-state index is 14.6. The highest BCUT2D eigenvalue weighted by atomic mass is 35.5. The topological polar surface area (TPSA) is 79.3 Å². The lowest BCUT2D eigenvalue weighted by molar-refractivity contribution is 0.0962. The van der Waals surface area contributed by atoms with E-state index in [1.807, 2.05) is 11.6 Å². The predicted octanol–water partition coefficient (Wildman–Crippen LogP) is 3.40. The van der Waals surface area contributed by atoms with E-state index in [1.54, 1.807) is 43.4 Å². The second-order valence-corrected chi connectivity index (χ2v) is 7.79. The first-order valence-electron chi connectivity index (χ1n) is 9.74. The largest absolute Gasteiger partial charge is 0.355 e. The highest BCUT2D eigenvalue weighted by Crippen LogP contribution is 2.29. The van der Waals surface area contributed by atoms with Crippen molar-refractivity contribution in [2.75, 3.05) is 26.0 Å². The zero-order chi connectivity index (χ0) is 22.1. The summed E-state index contributed by atoms with van der Waals surface area (Å²) in [5.41, 5.74) is 2.28. The Balaban J connectivity index is 1.68. The summed E-state index contributed by atoms with van der Waals surface area (Å²) in [5.74, 6) is -0.695. The number of hydrogen-bond acceptors (Lipinski definition) is 4. The van der Waals surface area contributed by atoms with E-state index >= 15 is 0 Å². The summed E-state index contributed by atoms with van der Waals surface area (Å²) in [6.07, 6.45) is 0. The Hall–Kier alpha value is -3.23. The molecule has 0 radical (unpaired) electrons. The number of fused-ring (bicyclic) bond motifs is 1. The molecule has 9 heteroatoms. The zero-order valence-corrected chi connectivity index (χ0v) is 17.8. The van der Waals surface area contributed by atoms with Crippen LogP contribution in [0.3, 0.4) is 0 Å². The van der Waals surface area contributed by atoms with E-state index in [9.17, 15) is 14.0 Å². The lowest BCUT2D eigenvalue weighted by atomic mass is 10.2. The molecule has 0 saturated carbocycles. The first kappa shape index (κ1) is 21.0. The molecule has 0 aliphatic carbocycles. The van der Waals surface area contributed by atoms with Crippen molar-refractivity contribution >= 4 is 29.1 Å². The number of anilines is 1. The van der Waals surface area contributed by atoms with E-state index in [4.69, 9.17) is 11.6 Å². The second-order valence-electron chi connectivity index (χ2n) is 7.35. The molecule has 1 aliphatic rings. The van der Waals surface area contributed by atoms with Crippen molar-refractivity contribution in [2.45, 2.75) is 13.1 Å². The van der Waals surface area contributed by atoms with Gasteiger partial charge in [0.25, 0.3) is 11.8 Å². The van der Waals surface area contributed by atoms with Crippen molar-refractivity contribution in [1.82, 2.24) is 19.8 Å². The summed E-state index contributed by atoms with van der Waals surface area (Å²) in [5, 5.41) is 5.66. The Morgan fingerprint density at radius 3 is 2.52 bits per heavy atom. The molecule has 3 aromatic rings. The molecule has 2 amide bonds. The quantitative estimate of drug-likeness (QED) is 0.650. The standard InChI is InChI=1S/C22H21ClFN5O2/c1-25-21(30)13-3-6-15(7-4-13)26-22(31)19-18-12-28(2)9-10-29(18)20(27-19)16-8-5-14(23)11-17(16)24/h3-8,11H,9-10,12H2,1-2H3,(H,25,30)(H,26,31).